The molecule has 0 bridgehead atoms. The van der Waals surface area contributed by atoms with Crippen LogP contribution in [0.5, 0.6) is 0 Å². The quantitative estimate of drug-likeness (QED) is 0.427. The molecule has 1 amide bonds. The number of aliphatic hydroxyl groups excluding tert-OH is 1. The van der Waals surface area contributed by atoms with Crippen LogP contribution in [0.25, 0.3) is 0 Å². The van der Waals surface area contributed by atoms with Gasteiger partial charge in [-0.05, 0) is 42.7 Å². The zero-order valence-corrected chi connectivity index (χ0v) is 19.2. The largest absolute Gasteiger partial charge is 0.480 e. The maximum Gasteiger partial charge on any atom is 0.321 e. The fraction of sp³-hybridized carbons (Fsp3) is 0.333. The van der Waals surface area contributed by atoms with Crippen molar-refractivity contribution in [1.82, 2.24) is 9.62 Å². The molecule has 0 unspecified atom stereocenters. The van der Waals surface area contributed by atoms with Crippen LogP contribution in [-0.4, -0.2) is 61.6 Å². The van der Waals surface area contributed by atoms with Crippen molar-refractivity contribution in [3.8, 4) is 11.8 Å². The number of hydrogen-bond acceptors (Lipinski definition) is 5. The summed E-state index contributed by atoms with van der Waals surface area (Å²) in [6.45, 7) is 0.408. The lowest BCUT2D eigenvalue weighted by Gasteiger charge is -2.19. The summed E-state index contributed by atoms with van der Waals surface area (Å²) in [6, 6.07) is 13.9. The molecule has 3 N–H and O–H groups in total. The predicted octanol–water partition coefficient (Wildman–Crippen LogP) is 1.63. The molecule has 9 heteroatoms. The van der Waals surface area contributed by atoms with E-state index in [2.05, 4.69) is 16.6 Å². The molecule has 2 rings (SSSR count). The first-order chi connectivity index (χ1) is 15.7. The van der Waals surface area contributed by atoms with Crippen LogP contribution < -0.4 is 4.72 Å². The summed E-state index contributed by atoms with van der Waals surface area (Å²) in [5.74, 6) is 3.90. The van der Waals surface area contributed by atoms with Gasteiger partial charge in [-0.25, -0.2) is 8.42 Å². The third kappa shape index (κ3) is 8.69. The van der Waals surface area contributed by atoms with Crippen molar-refractivity contribution >= 4 is 21.9 Å². The monoisotopic (exact) mass is 472 g/mol. The summed E-state index contributed by atoms with van der Waals surface area (Å²) in [5, 5.41) is 18.2. The van der Waals surface area contributed by atoms with Gasteiger partial charge in [-0.2, -0.15) is 4.72 Å². The van der Waals surface area contributed by atoms with Gasteiger partial charge < -0.3 is 15.1 Å². The number of aliphatic hydroxyl groups is 1. The number of carbonyl (C=O) groups is 2. The van der Waals surface area contributed by atoms with E-state index in [1.807, 2.05) is 30.3 Å². The average molecular weight is 473 g/mol. The smallest absolute Gasteiger partial charge is 0.321 e. The fourth-order valence-corrected chi connectivity index (χ4v) is 4.17. The number of amides is 1. The Labute approximate surface area is 194 Å². The Kier molecular flexibility index (Phi) is 10.1. The van der Waals surface area contributed by atoms with Crippen LogP contribution in [0.4, 0.5) is 0 Å². The summed E-state index contributed by atoms with van der Waals surface area (Å²) in [4.78, 5) is 25.4. The van der Waals surface area contributed by atoms with E-state index in [1.54, 1.807) is 7.05 Å². The van der Waals surface area contributed by atoms with Crippen LogP contribution in [-0.2, 0) is 26.0 Å². The number of hydrogen-bond donors (Lipinski definition) is 3. The van der Waals surface area contributed by atoms with Crippen molar-refractivity contribution in [3.05, 3.63) is 65.7 Å². The highest BCUT2D eigenvalue weighted by Crippen LogP contribution is 2.13. The minimum absolute atomic E-state index is 0.0642. The van der Waals surface area contributed by atoms with E-state index in [0.29, 0.717) is 24.9 Å². The van der Waals surface area contributed by atoms with Gasteiger partial charge in [-0.1, -0.05) is 42.2 Å². The summed E-state index contributed by atoms with van der Waals surface area (Å²) < 4.78 is 27.4. The molecule has 2 aromatic carbocycles. The Bertz CT molecular complexity index is 1090. The molecule has 0 aliphatic rings. The molecule has 8 nitrogen and oxygen atoms in total. The molecule has 0 fully saturated rings. The third-order valence-electron chi connectivity index (χ3n) is 4.88. The molecule has 0 saturated heterocycles. The number of carbonyl (C=O) groups excluding carboxylic acids is 1. The van der Waals surface area contributed by atoms with Crippen LogP contribution >= 0.6 is 0 Å². The van der Waals surface area contributed by atoms with Gasteiger partial charge in [0.2, 0.25) is 15.9 Å². The van der Waals surface area contributed by atoms with Gasteiger partial charge in [0.15, 0.2) is 0 Å². The molecule has 0 aromatic heterocycles. The highest BCUT2D eigenvalue weighted by atomic mass is 32.2. The standard InChI is InChI=1S/C24H28N2O6S/c1-26(17-16-19-7-3-2-4-8-19)23(28)15-14-22(24(29)30)25-33(31,32)21-12-10-20(11-13-21)9-5-6-18-27/h2-4,7-8,10-13,22,25,27H,6,14-18H2,1H3,(H,29,30)/t22-/m1/s1. The second-order valence-electron chi connectivity index (χ2n) is 7.40. The van der Waals surface area contributed by atoms with E-state index in [1.165, 1.54) is 29.2 Å². The number of carboxylic acid groups (broad SMARTS) is 1. The minimum Gasteiger partial charge on any atom is -0.480 e. The first-order valence-electron chi connectivity index (χ1n) is 10.5. The Morgan fingerprint density at radius 1 is 1.09 bits per heavy atom. The van der Waals surface area contributed by atoms with Gasteiger partial charge in [-0.15, -0.1) is 0 Å². The highest BCUT2D eigenvalue weighted by Gasteiger charge is 2.26. The molecule has 1 atom stereocenters. The summed E-state index contributed by atoms with van der Waals surface area (Å²) >= 11 is 0. The van der Waals surface area contributed by atoms with Crippen molar-refractivity contribution in [2.75, 3.05) is 20.2 Å². The maximum absolute atomic E-state index is 12.6. The van der Waals surface area contributed by atoms with Crippen LogP contribution in [0, 0.1) is 11.8 Å². The number of likely N-dealkylation sites (N-methyl/N-ethyl adjacent to an activating group) is 1. The number of benzene rings is 2. The molecular weight excluding hydrogens is 444 g/mol. The van der Waals surface area contributed by atoms with Crippen LogP contribution in [0.1, 0.15) is 30.4 Å². The number of carboxylic acids is 1. The van der Waals surface area contributed by atoms with E-state index in [0.717, 1.165) is 5.56 Å². The third-order valence-corrected chi connectivity index (χ3v) is 6.37. The molecule has 0 heterocycles. The lowest BCUT2D eigenvalue weighted by Crippen LogP contribution is -2.41. The number of rotatable bonds is 11. The molecule has 2 aromatic rings. The molecule has 176 valence electrons. The lowest BCUT2D eigenvalue weighted by molar-refractivity contribution is -0.139. The van der Waals surface area contributed by atoms with Gasteiger partial charge in [0.25, 0.3) is 0 Å². The lowest BCUT2D eigenvalue weighted by atomic mass is 10.1. The van der Waals surface area contributed by atoms with Crippen molar-refractivity contribution in [2.24, 2.45) is 0 Å². The SMILES string of the molecule is CN(CCc1ccccc1)C(=O)CC[C@@H](NS(=O)(=O)c1ccc(C#CCCO)cc1)C(=O)O. The fourth-order valence-electron chi connectivity index (χ4n) is 2.95. The Morgan fingerprint density at radius 3 is 2.36 bits per heavy atom. The van der Waals surface area contributed by atoms with Gasteiger partial charge >= 0.3 is 5.97 Å². The molecular formula is C24H28N2O6S. The van der Waals surface area contributed by atoms with E-state index in [-0.39, 0.29) is 30.3 Å². The van der Waals surface area contributed by atoms with Crippen LogP contribution in [0.3, 0.4) is 0 Å². The van der Waals surface area contributed by atoms with E-state index in [4.69, 9.17) is 5.11 Å². The Balaban J connectivity index is 1.94. The molecule has 33 heavy (non-hydrogen) atoms. The highest BCUT2D eigenvalue weighted by molar-refractivity contribution is 7.89. The molecule has 0 spiro atoms. The minimum atomic E-state index is -4.10. The van der Waals surface area contributed by atoms with Crippen molar-refractivity contribution in [2.45, 2.75) is 36.6 Å². The maximum atomic E-state index is 12.6. The van der Waals surface area contributed by atoms with Gasteiger partial charge in [-0.3, -0.25) is 9.59 Å². The zero-order chi connectivity index (χ0) is 24.3. The predicted molar refractivity (Wildman–Crippen MR) is 124 cm³/mol. The Morgan fingerprint density at radius 2 is 1.76 bits per heavy atom. The van der Waals surface area contributed by atoms with Gasteiger partial charge in [0.1, 0.15) is 6.04 Å². The van der Waals surface area contributed by atoms with Crippen molar-refractivity contribution < 1.29 is 28.2 Å². The second-order valence-corrected chi connectivity index (χ2v) is 9.12. The first kappa shape index (κ1) is 26.1. The van der Waals surface area contributed by atoms with E-state index in [9.17, 15) is 23.1 Å². The van der Waals surface area contributed by atoms with Gasteiger partial charge in [0, 0.05) is 32.0 Å². The number of sulfonamides is 1. The van der Waals surface area contributed by atoms with Crippen molar-refractivity contribution in [1.29, 1.82) is 0 Å². The molecule has 0 aliphatic heterocycles. The normalized spacial score (nSPS) is 11.8. The van der Waals surface area contributed by atoms with Crippen LogP contribution in [0.15, 0.2) is 59.5 Å². The number of aliphatic carboxylic acids is 1. The van der Waals surface area contributed by atoms with Crippen LogP contribution in [0.2, 0.25) is 0 Å². The summed E-state index contributed by atoms with van der Waals surface area (Å²) in [6.07, 6.45) is 0.693. The topological polar surface area (TPSA) is 124 Å². The van der Waals surface area contributed by atoms with E-state index >= 15 is 0 Å². The van der Waals surface area contributed by atoms with Gasteiger partial charge in [0.05, 0.1) is 11.5 Å². The molecule has 0 radical (unpaired) electrons. The average Bonchev–Trinajstić information content (AvgIpc) is 2.81. The summed E-state index contributed by atoms with van der Waals surface area (Å²) in [5.41, 5.74) is 1.65. The molecule has 0 saturated carbocycles. The first-order valence-corrected chi connectivity index (χ1v) is 11.9. The summed E-state index contributed by atoms with van der Waals surface area (Å²) in [7, 11) is -2.47. The van der Waals surface area contributed by atoms with E-state index < -0.39 is 22.0 Å². The zero-order valence-electron chi connectivity index (χ0n) is 18.4. The number of nitrogens with one attached hydrogen (secondary N) is 1. The van der Waals surface area contributed by atoms with Crippen molar-refractivity contribution in [3.63, 3.8) is 0 Å². The molecule has 0 aliphatic carbocycles. The number of nitrogens with zero attached hydrogens (tertiary/aromatic N) is 1. The second kappa shape index (κ2) is 12.7. The Hall–Kier alpha value is -3.19.